The third kappa shape index (κ3) is 3.47. The molecule has 0 aromatic carbocycles. The van der Waals surface area contributed by atoms with Gasteiger partial charge in [0.15, 0.2) is 5.96 Å². The molecular weight excluding hydrogens is 495 g/mol. The molecule has 2 amide bonds. The summed E-state index contributed by atoms with van der Waals surface area (Å²) in [6.07, 6.45) is 6.12. The number of guanidine groups is 1. The second-order valence-electron chi connectivity index (χ2n) is 9.65. The number of methoxy groups -OCH3 is 1. The van der Waals surface area contributed by atoms with Crippen molar-refractivity contribution in [1.82, 2.24) is 15.5 Å². The van der Waals surface area contributed by atoms with Crippen LogP contribution in [0.1, 0.15) is 40.5 Å². The smallest absolute Gasteiger partial charge is 0.233 e. The molecule has 2 saturated carbocycles. The summed E-state index contributed by atoms with van der Waals surface area (Å²) in [5.41, 5.74) is -0.176. The van der Waals surface area contributed by atoms with Crippen LogP contribution in [-0.4, -0.2) is 61.1 Å². The van der Waals surface area contributed by atoms with Gasteiger partial charge in [-0.05, 0) is 38.5 Å². The standard InChI is InChI=1S/C22H34N4O3.HI/c1-6-23-20(25-15-12-22(4,29-5)21(15,2)3)24-9-10-26-18(27)16-13-7-8-14(11-13)17(16)19(26)28;/h7-8,13-17H,6,9-12H2,1-5H3,(H2,23,24,25);1H. The number of hydrogen-bond donors (Lipinski definition) is 2. The van der Waals surface area contributed by atoms with E-state index in [1.54, 1.807) is 7.11 Å². The van der Waals surface area contributed by atoms with Gasteiger partial charge < -0.3 is 15.4 Å². The van der Waals surface area contributed by atoms with Gasteiger partial charge in [0.1, 0.15) is 0 Å². The maximum Gasteiger partial charge on any atom is 0.233 e. The average molecular weight is 530 g/mol. The van der Waals surface area contributed by atoms with E-state index in [0.29, 0.717) is 13.1 Å². The summed E-state index contributed by atoms with van der Waals surface area (Å²) in [7, 11) is 1.76. The zero-order valence-corrected chi connectivity index (χ0v) is 20.9. The number of nitrogens with one attached hydrogen (secondary N) is 2. The van der Waals surface area contributed by atoms with Gasteiger partial charge in [0.25, 0.3) is 0 Å². The lowest BCUT2D eigenvalue weighted by molar-refractivity contribution is -0.176. The minimum atomic E-state index is -0.151. The van der Waals surface area contributed by atoms with Crippen LogP contribution in [-0.2, 0) is 14.3 Å². The monoisotopic (exact) mass is 530 g/mol. The number of halogens is 1. The molecule has 2 N–H and O–H groups in total. The van der Waals surface area contributed by atoms with E-state index < -0.39 is 0 Å². The van der Waals surface area contributed by atoms with Crippen molar-refractivity contribution in [2.24, 2.45) is 34.1 Å². The normalized spacial score (nSPS) is 38.4. The predicted octanol–water partition coefficient (Wildman–Crippen LogP) is 2.17. The maximum absolute atomic E-state index is 12.8. The van der Waals surface area contributed by atoms with Crippen molar-refractivity contribution < 1.29 is 14.3 Å². The fraction of sp³-hybridized carbons (Fsp3) is 0.773. The number of hydrogen-bond acceptors (Lipinski definition) is 4. The molecule has 6 unspecified atom stereocenters. The van der Waals surface area contributed by atoms with E-state index in [-0.39, 0.29) is 76.5 Å². The molecule has 168 valence electrons. The molecule has 4 aliphatic rings. The molecule has 0 radical (unpaired) electrons. The van der Waals surface area contributed by atoms with E-state index >= 15 is 0 Å². The Morgan fingerprint density at radius 3 is 2.30 bits per heavy atom. The molecule has 0 aromatic heterocycles. The van der Waals surface area contributed by atoms with Crippen molar-refractivity contribution in [3.05, 3.63) is 12.2 Å². The van der Waals surface area contributed by atoms with Crippen LogP contribution in [0.4, 0.5) is 0 Å². The van der Waals surface area contributed by atoms with E-state index in [1.165, 1.54) is 4.90 Å². The topological polar surface area (TPSA) is 83.0 Å². The van der Waals surface area contributed by atoms with Crippen molar-refractivity contribution in [2.75, 3.05) is 26.7 Å². The Balaban J connectivity index is 0.00000256. The van der Waals surface area contributed by atoms with Gasteiger partial charge >= 0.3 is 0 Å². The Bertz CT molecular complexity index is 737. The Hall–Kier alpha value is -1.16. The number of nitrogens with zero attached hydrogens (tertiary/aromatic N) is 2. The van der Waals surface area contributed by atoms with E-state index in [9.17, 15) is 9.59 Å². The quantitative estimate of drug-likeness (QED) is 0.181. The van der Waals surface area contributed by atoms with Crippen LogP contribution in [0.25, 0.3) is 0 Å². The second-order valence-corrected chi connectivity index (χ2v) is 9.65. The van der Waals surface area contributed by atoms with E-state index in [0.717, 1.165) is 25.3 Å². The SMILES string of the molecule is CCNC(=NCCN1C(=O)C2C3C=CC(C3)C2C1=O)NC1CC(C)(OC)C1(C)C.I. The van der Waals surface area contributed by atoms with Crippen LogP contribution in [0.3, 0.4) is 0 Å². The van der Waals surface area contributed by atoms with Gasteiger partial charge in [-0.15, -0.1) is 24.0 Å². The molecule has 7 nitrogen and oxygen atoms in total. The van der Waals surface area contributed by atoms with Gasteiger partial charge in [0, 0.05) is 31.7 Å². The Morgan fingerprint density at radius 2 is 1.80 bits per heavy atom. The molecular formula is C22H35IN4O3. The lowest BCUT2D eigenvalue weighted by atomic mass is 9.56. The molecule has 1 heterocycles. The minimum absolute atomic E-state index is 0. The molecule has 6 atom stereocenters. The Morgan fingerprint density at radius 1 is 1.20 bits per heavy atom. The van der Waals surface area contributed by atoms with Crippen molar-refractivity contribution in [3.63, 3.8) is 0 Å². The Kier molecular flexibility index (Phi) is 6.59. The molecule has 3 aliphatic carbocycles. The lowest BCUT2D eigenvalue weighted by Crippen LogP contribution is -2.69. The summed E-state index contributed by atoms with van der Waals surface area (Å²) < 4.78 is 5.70. The number of likely N-dealkylation sites (tertiary alicyclic amines) is 1. The Labute approximate surface area is 196 Å². The number of allylic oxidation sites excluding steroid dienone is 2. The van der Waals surface area contributed by atoms with E-state index in [1.807, 2.05) is 6.92 Å². The number of aliphatic imine (C=N–C) groups is 1. The van der Waals surface area contributed by atoms with Crippen LogP contribution in [0, 0.1) is 29.1 Å². The first-order valence-corrected chi connectivity index (χ1v) is 10.9. The summed E-state index contributed by atoms with van der Waals surface area (Å²) in [5.74, 6) is 0.979. The average Bonchev–Trinajstić information content (AvgIpc) is 3.36. The number of fused-ring (bicyclic) bond motifs is 5. The van der Waals surface area contributed by atoms with Gasteiger partial charge in [-0.3, -0.25) is 19.5 Å². The third-order valence-electron chi connectivity index (χ3n) is 8.09. The molecule has 0 spiro atoms. The van der Waals surface area contributed by atoms with Crippen LogP contribution >= 0.6 is 24.0 Å². The number of carbonyl (C=O) groups excluding carboxylic acids is 2. The number of rotatable bonds is 6. The third-order valence-corrected chi connectivity index (χ3v) is 8.09. The molecule has 1 saturated heterocycles. The summed E-state index contributed by atoms with van der Waals surface area (Å²) in [4.78, 5) is 31.7. The van der Waals surface area contributed by atoms with Crippen molar-refractivity contribution in [3.8, 4) is 0 Å². The number of amides is 2. The fourth-order valence-electron chi connectivity index (χ4n) is 5.65. The largest absolute Gasteiger partial charge is 0.378 e. The van der Waals surface area contributed by atoms with Gasteiger partial charge in [-0.1, -0.05) is 26.0 Å². The van der Waals surface area contributed by atoms with Gasteiger partial charge in [0.2, 0.25) is 11.8 Å². The van der Waals surface area contributed by atoms with Crippen LogP contribution < -0.4 is 10.6 Å². The van der Waals surface area contributed by atoms with Gasteiger partial charge in [-0.25, -0.2) is 0 Å². The first kappa shape index (κ1) is 23.5. The molecule has 1 aliphatic heterocycles. The van der Waals surface area contributed by atoms with Gasteiger partial charge in [-0.2, -0.15) is 0 Å². The fourth-order valence-corrected chi connectivity index (χ4v) is 5.65. The van der Waals surface area contributed by atoms with Crippen molar-refractivity contribution in [2.45, 2.75) is 52.2 Å². The highest BCUT2D eigenvalue weighted by molar-refractivity contribution is 14.0. The van der Waals surface area contributed by atoms with Crippen molar-refractivity contribution >= 4 is 41.8 Å². The maximum atomic E-state index is 12.8. The number of carbonyl (C=O) groups is 2. The summed E-state index contributed by atoms with van der Waals surface area (Å²) >= 11 is 0. The van der Waals surface area contributed by atoms with Crippen molar-refractivity contribution in [1.29, 1.82) is 0 Å². The highest BCUT2D eigenvalue weighted by atomic mass is 127. The van der Waals surface area contributed by atoms with E-state index in [2.05, 4.69) is 48.5 Å². The molecule has 4 rings (SSSR count). The first-order valence-electron chi connectivity index (χ1n) is 10.9. The highest BCUT2D eigenvalue weighted by Crippen LogP contribution is 2.53. The minimum Gasteiger partial charge on any atom is -0.378 e. The highest BCUT2D eigenvalue weighted by Gasteiger charge is 2.59. The zero-order chi connectivity index (χ0) is 21.0. The summed E-state index contributed by atoms with van der Waals surface area (Å²) in [6.45, 7) is 10.1. The summed E-state index contributed by atoms with van der Waals surface area (Å²) in [6, 6.07) is 0.251. The second kappa shape index (κ2) is 8.41. The van der Waals surface area contributed by atoms with Crippen LogP contribution in [0.15, 0.2) is 17.1 Å². The van der Waals surface area contributed by atoms with Crippen LogP contribution in [0.5, 0.6) is 0 Å². The zero-order valence-electron chi connectivity index (χ0n) is 18.6. The van der Waals surface area contributed by atoms with E-state index in [4.69, 9.17) is 4.74 Å². The number of imide groups is 1. The predicted molar refractivity (Wildman–Crippen MR) is 127 cm³/mol. The molecule has 30 heavy (non-hydrogen) atoms. The summed E-state index contributed by atoms with van der Waals surface area (Å²) in [5, 5.41) is 6.78. The number of ether oxygens (including phenoxy) is 1. The molecule has 8 heteroatoms. The molecule has 0 aromatic rings. The van der Waals surface area contributed by atoms with Crippen LogP contribution in [0.2, 0.25) is 0 Å². The lowest BCUT2D eigenvalue weighted by Gasteiger charge is -2.59. The van der Waals surface area contributed by atoms with Gasteiger partial charge in [0.05, 0.1) is 24.0 Å². The first-order chi connectivity index (χ1) is 13.7. The molecule has 2 bridgehead atoms. The molecule has 3 fully saturated rings.